The quantitative estimate of drug-likeness (QED) is 0.405. The number of rotatable bonds is 10. The van der Waals surface area contributed by atoms with Crippen LogP contribution < -0.4 is 24.8 Å². The Morgan fingerprint density at radius 1 is 0.811 bits per heavy atom. The number of hydrogen-bond donors (Lipinski definition) is 2. The molecule has 0 spiro atoms. The normalized spacial score (nSPS) is 13.2. The van der Waals surface area contributed by atoms with E-state index in [1.807, 2.05) is 25.1 Å². The van der Waals surface area contributed by atoms with Gasteiger partial charge in [-0.05, 0) is 93.0 Å². The van der Waals surface area contributed by atoms with Gasteiger partial charge in [-0.1, -0.05) is 6.07 Å². The van der Waals surface area contributed by atoms with E-state index in [1.54, 1.807) is 49.6 Å². The number of ether oxygens (including phenoxy) is 3. The van der Waals surface area contributed by atoms with Crippen LogP contribution in [0.15, 0.2) is 60.7 Å². The Kier molecular flexibility index (Phi) is 8.64. The van der Waals surface area contributed by atoms with Gasteiger partial charge in [-0.15, -0.1) is 0 Å². The molecule has 0 aliphatic carbocycles. The summed E-state index contributed by atoms with van der Waals surface area (Å²) >= 11 is 0. The molecule has 8 heteroatoms. The number of anilines is 2. The lowest BCUT2D eigenvalue weighted by Crippen LogP contribution is -2.25. The number of nitrogens with zero attached hydrogens (tertiary/aromatic N) is 1. The molecule has 3 aromatic rings. The van der Waals surface area contributed by atoms with Crippen LogP contribution in [0.4, 0.5) is 11.4 Å². The number of carbonyl (C=O) groups is 2. The topological polar surface area (TPSA) is 89.1 Å². The summed E-state index contributed by atoms with van der Waals surface area (Å²) in [6, 6.07) is 17.5. The maximum Gasteiger partial charge on any atom is 0.255 e. The Morgan fingerprint density at radius 2 is 1.49 bits per heavy atom. The molecule has 0 unspecified atom stereocenters. The molecule has 37 heavy (non-hydrogen) atoms. The largest absolute Gasteiger partial charge is 0.493 e. The van der Waals surface area contributed by atoms with E-state index < -0.39 is 0 Å². The fraction of sp³-hybridized carbons (Fsp3) is 0.310. The second-order valence-electron chi connectivity index (χ2n) is 8.93. The van der Waals surface area contributed by atoms with E-state index in [9.17, 15) is 9.59 Å². The summed E-state index contributed by atoms with van der Waals surface area (Å²) in [6.07, 6.45) is 2.52. The highest BCUT2D eigenvalue weighted by Crippen LogP contribution is 2.28. The van der Waals surface area contributed by atoms with Crippen molar-refractivity contribution in [2.24, 2.45) is 0 Å². The van der Waals surface area contributed by atoms with Crippen LogP contribution in [0.2, 0.25) is 0 Å². The average molecular weight is 504 g/mol. The maximum absolute atomic E-state index is 12.9. The summed E-state index contributed by atoms with van der Waals surface area (Å²) in [5, 5.41) is 5.81. The summed E-state index contributed by atoms with van der Waals surface area (Å²) in [7, 11) is 3.06. The van der Waals surface area contributed by atoms with Gasteiger partial charge >= 0.3 is 0 Å². The van der Waals surface area contributed by atoms with Crippen molar-refractivity contribution in [3.05, 3.63) is 77.4 Å². The van der Waals surface area contributed by atoms with Gasteiger partial charge in [0.05, 0.1) is 14.2 Å². The third-order valence-electron chi connectivity index (χ3n) is 6.38. The zero-order valence-corrected chi connectivity index (χ0v) is 21.5. The summed E-state index contributed by atoms with van der Waals surface area (Å²) in [5.41, 5.74) is 2.98. The van der Waals surface area contributed by atoms with Crippen LogP contribution in [0, 0.1) is 6.92 Å². The molecule has 0 atom stereocenters. The molecule has 0 bridgehead atoms. The number of aryl methyl sites for hydroxylation is 1. The molecule has 1 heterocycles. The second kappa shape index (κ2) is 12.3. The van der Waals surface area contributed by atoms with Crippen molar-refractivity contribution in [2.45, 2.75) is 19.8 Å². The molecule has 1 fully saturated rings. The Hall–Kier alpha value is -4.04. The van der Waals surface area contributed by atoms with Crippen LogP contribution in [0.5, 0.6) is 17.2 Å². The van der Waals surface area contributed by atoms with Crippen LogP contribution in [0.3, 0.4) is 0 Å². The molecule has 1 saturated heterocycles. The molecule has 3 aromatic carbocycles. The van der Waals surface area contributed by atoms with E-state index in [0.29, 0.717) is 40.6 Å². The van der Waals surface area contributed by atoms with Gasteiger partial charge in [0.25, 0.3) is 11.8 Å². The molecule has 8 nitrogen and oxygen atoms in total. The number of benzene rings is 3. The number of amides is 2. The first-order valence-electron chi connectivity index (χ1n) is 12.4. The molecule has 0 aromatic heterocycles. The minimum absolute atomic E-state index is 0.246. The highest BCUT2D eigenvalue weighted by molar-refractivity contribution is 6.07. The van der Waals surface area contributed by atoms with E-state index in [2.05, 4.69) is 15.5 Å². The van der Waals surface area contributed by atoms with Crippen molar-refractivity contribution in [3.63, 3.8) is 0 Å². The number of likely N-dealkylation sites (tertiary alicyclic amines) is 1. The fourth-order valence-corrected chi connectivity index (χ4v) is 4.21. The highest BCUT2D eigenvalue weighted by atomic mass is 16.5. The molecule has 2 amide bonds. The first kappa shape index (κ1) is 26.0. The van der Waals surface area contributed by atoms with Gasteiger partial charge in [0.1, 0.15) is 12.4 Å². The SMILES string of the molecule is COc1ccc(C(=O)Nc2cc(NC(=O)c3ccc(OCCN4CCCC4)cc3)ccc2C)cc1OC. The third-order valence-corrected chi connectivity index (χ3v) is 6.38. The van der Waals surface area contributed by atoms with Crippen molar-refractivity contribution >= 4 is 23.2 Å². The van der Waals surface area contributed by atoms with Crippen molar-refractivity contribution in [2.75, 3.05) is 51.1 Å². The lowest BCUT2D eigenvalue weighted by atomic mass is 10.1. The first-order valence-corrected chi connectivity index (χ1v) is 12.4. The second-order valence-corrected chi connectivity index (χ2v) is 8.93. The standard InChI is InChI=1S/C29H33N3O5/c1-20-6-10-23(19-25(20)31-29(34)22-9-13-26(35-2)27(18-22)36-3)30-28(33)21-7-11-24(12-8-21)37-17-16-32-14-4-5-15-32/h6-13,18-19H,4-5,14-17H2,1-3H3,(H,30,33)(H,31,34). The summed E-state index contributed by atoms with van der Waals surface area (Å²) < 4.78 is 16.3. The number of carbonyl (C=O) groups excluding carboxylic acids is 2. The van der Waals surface area contributed by atoms with E-state index in [0.717, 1.165) is 30.9 Å². The number of methoxy groups -OCH3 is 2. The summed E-state index contributed by atoms with van der Waals surface area (Å²) in [5.74, 6) is 1.21. The van der Waals surface area contributed by atoms with E-state index >= 15 is 0 Å². The Balaban J connectivity index is 1.36. The van der Waals surface area contributed by atoms with Crippen LogP contribution in [0.1, 0.15) is 39.1 Å². The summed E-state index contributed by atoms with van der Waals surface area (Å²) in [6.45, 7) is 5.72. The van der Waals surface area contributed by atoms with Crippen molar-refractivity contribution in [3.8, 4) is 17.2 Å². The van der Waals surface area contributed by atoms with Crippen molar-refractivity contribution in [1.82, 2.24) is 4.90 Å². The van der Waals surface area contributed by atoms with Crippen LogP contribution in [0.25, 0.3) is 0 Å². The minimum atomic E-state index is -0.298. The van der Waals surface area contributed by atoms with Crippen LogP contribution in [-0.2, 0) is 0 Å². The number of hydrogen-bond acceptors (Lipinski definition) is 6. The van der Waals surface area contributed by atoms with Crippen molar-refractivity contribution in [1.29, 1.82) is 0 Å². The van der Waals surface area contributed by atoms with Gasteiger partial charge < -0.3 is 24.8 Å². The van der Waals surface area contributed by atoms with Gasteiger partial charge in [0.15, 0.2) is 11.5 Å². The van der Waals surface area contributed by atoms with E-state index in [1.165, 1.54) is 20.0 Å². The van der Waals surface area contributed by atoms with Crippen LogP contribution in [-0.4, -0.2) is 57.2 Å². The smallest absolute Gasteiger partial charge is 0.255 e. The van der Waals surface area contributed by atoms with Gasteiger partial charge in [-0.3, -0.25) is 14.5 Å². The highest BCUT2D eigenvalue weighted by Gasteiger charge is 2.14. The zero-order chi connectivity index (χ0) is 26.2. The average Bonchev–Trinajstić information content (AvgIpc) is 3.44. The molecule has 2 N–H and O–H groups in total. The Labute approximate surface area is 217 Å². The lowest BCUT2D eigenvalue weighted by molar-refractivity contribution is 0.101. The minimum Gasteiger partial charge on any atom is -0.493 e. The molecule has 194 valence electrons. The molecule has 1 aliphatic heterocycles. The van der Waals surface area contributed by atoms with Gasteiger partial charge in [-0.2, -0.15) is 0 Å². The maximum atomic E-state index is 12.9. The molecule has 0 saturated carbocycles. The molecule has 1 aliphatic rings. The predicted molar refractivity (Wildman–Crippen MR) is 144 cm³/mol. The molecule has 0 radical (unpaired) electrons. The first-order chi connectivity index (χ1) is 18.0. The molecular weight excluding hydrogens is 470 g/mol. The fourth-order valence-electron chi connectivity index (χ4n) is 4.21. The lowest BCUT2D eigenvalue weighted by Gasteiger charge is -2.15. The number of nitrogens with one attached hydrogen (secondary N) is 2. The van der Waals surface area contributed by atoms with E-state index in [-0.39, 0.29) is 11.8 Å². The summed E-state index contributed by atoms with van der Waals surface area (Å²) in [4.78, 5) is 28.1. The Morgan fingerprint density at radius 3 is 2.19 bits per heavy atom. The monoisotopic (exact) mass is 503 g/mol. The molecule has 4 rings (SSSR count). The zero-order valence-electron chi connectivity index (χ0n) is 21.5. The van der Waals surface area contributed by atoms with Gasteiger partial charge in [0.2, 0.25) is 0 Å². The third kappa shape index (κ3) is 6.80. The van der Waals surface area contributed by atoms with Gasteiger partial charge in [0, 0.05) is 29.0 Å². The van der Waals surface area contributed by atoms with Gasteiger partial charge in [-0.25, -0.2) is 0 Å². The van der Waals surface area contributed by atoms with E-state index in [4.69, 9.17) is 14.2 Å². The predicted octanol–water partition coefficient (Wildman–Crippen LogP) is 4.99. The Bertz CT molecular complexity index is 1240. The molecular formula is C29H33N3O5. The van der Waals surface area contributed by atoms with Crippen LogP contribution >= 0.6 is 0 Å². The van der Waals surface area contributed by atoms with Crippen molar-refractivity contribution < 1.29 is 23.8 Å².